The Morgan fingerprint density at radius 2 is 1.87 bits per heavy atom. The number of ether oxygens (including phenoxy) is 1. The Morgan fingerprint density at radius 3 is 2.27 bits per heavy atom. The zero-order valence-electron chi connectivity index (χ0n) is 10.4. The van der Waals surface area contributed by atoms with Crippen molar-refractivity contribution in [1.82, 2.24) is 5.32 Å². The van der Waals surface area contributed by atoms with E-state index in [1.54, 1.807) is 0 Å². The minimum atomic E-state index is -0.0654. The van der Waals surface area contributed by atoms with Crippen molar-refractivity contribution in [2.75, 3.05) is 7.11 Å². The minimum Gasteiger partial charge on any atom is -0.469 e. The molecule has 0 bridgehead atoms. The van der Waals surface area contributed by atoms with Gasteiger partial charge in [-0.15, -0.1) is 0 Å². The molecule has 0 aromatic heterocycles. The van der Waals surface area contributed by atoms with Crippen LogP contribution < -0.4 is 5.32 Å². The third-order valence-corrected chi connectivity index (χ3v) is 3.37. The van der Waals surface area contributed by atoms with Gasteiger partial charge in [-0.25, -0.2) is 0 Å². The number of rotatable bonds is 3. The molecule has 88 valence electrons. The molecule has 1 heterocycles. The van der Waals surface area contributed by atoms with Crippen LogP contribution in [0.3, 0.4) is 0 Å². The van der Waals surface area contributed by atoms with Gasteiger partial charge in [0.1, 0.15) is 0 Å². The molecular formula is C12H23NO2. The van der Waals surface area contributed by atoms with Gasteiger partial charge in [0.05, 0.1) is 13.0 Å². The van der Waals surface area contributed by atoms with E-state index in [2.05, 4.69) is 33.0 Å². The van der Waals surface area contributed by atoms with E-state index < -0.39 is 0 Å². The van der Waals surface area contributed by atoms with E-state index in [0.717, 1.165) is 6.42 Å². The largest absolute Gasteiger partial charge is 0.469 e. The van der Waals surface area contributed by atoms with Crippen LogP contribution in [0.5, 0.6) is 0 Å². The maximum atomic E-state index is 11.6. The highest BCUT2D eigenvalue weighted by Crippen LogP contribution is 2.29. The first-order valence-corrected chi connectivity index (χ1v) is 5.81. The van der Waals surface area contributed by atoms with E-state index >= 15 is 0 Å². The van der Waals surface area contributed by atoms with Gasteiger partial charge in [0.15, 0.2) is 0 Å². The van der Waals surface area contributed by atoms with Gasteiger partial charge in [0.25, 0.3) is 0 Å². The van der Waals surface area contributed by atoms with Crippen LogP contribution in [0.4, 0.5) is 0 Å². The topological polar surface area (TPSA) is 38.3 Å². The normalized spacial score (nSPS) is 31.3. The molecule has 3 atom stereocenters. The van der Waals surface area contributed by atoms with Crippen molar-refractivity contribution in [1.29, 1.82) is 0 Å². The molecule has 0 saturated carbocycles. The van der Waals surface area contributed by atoms with Crippen molar-refractivity contribution < 1.29 is 9.53 Å². The number of methoxy groups -OCH3 is 1. The summed E-state index contributed by atoms with van der Waals surface area (Å²) in [6, 6.07) is 0.714. The average molecular weight is 213 g/mol. The molecule has 3 nitrogen and oxygen atoms in total. The highest BCUT2D eigenvalue weighted by molar-refractivity contribution is 5.73. The molecule has 1 saturated heterocycles. The van der Waals surface area contributed by atoms with Crippen molar-refractivity contribution in [3.63, 3.8) is 0 Å². The Balaban J connectivity index is 2.72. The minimum absolute atomic E-state index is 0.0300. The zero-order valence-corrected chi connectivity index (χ0v) is 10.4. The van der Waals surface area contributed by atoms with Crippen LogP contribution in [-0.2, 0) is 9.53 Å². The Kier molecular flexibility index (Phi) is 4.14. The van der Waals surface area contributed by atoms with E-state index in [1.165, 1.54) is 7.11 Å². The summed E-state index contributed by atoms with van der Waals surface area (Å²) in [6.45, 7) is 8.68. The van der Waals surface area contributed by atoms with E-state index in [1.807, 2.05) is 0 Å². The predicted octanol–water partition coefficient (Wildman–Crippen LogP) is 1.82. The number of nitrogens with one attached hydrogen (secondary N) is 1. The molecule has 1 aliphatic rings. The van der Waals surface area contributed by atoms with Crippen LogP contribution in [0.15, 0.2) is 0 Å². The van der Waals surface area contributed by atoms with Gasteiger partial charge >= 0.3 is 5.97 Å². The highest BCUT2D eigenvalue weighted by Gasteiger charge is 2.41. The van der Waals surface area contributed by atoms with Gasteiger partial charge in [0, 0.05) is 12.1 Å². The lowest BCUT2D eigenvalue weighted by Gasteiger charge is -2.22. The quantitative estimate of drug-likeness (QED) is 0.727. The summed E-state index contributed by atoms with van der Waals surface area (Å²) in [5.74, 6) is 1.01. The Labute approximate surface area is 92.6 Å². The fraction of sp³-hybridized carbons (Fsp3) is 0.917. The van der Waals surface area contributed by atoms with Crippen molar-refractivity contribution in [3.8, 4) is 0 Å². The number of carbonyl (C=O) groups is 1. The predicted molar refractivity (Wildman–Crippen MR) is 60.5 cm³/mol. The summed E-state index contributed by atoms with van der Waals surface area (Å²) >= 11 is 0. The molecule has 1 fully saturated rings. The summed E-state index contributed by atoms with van der Waals surface area (Å²) in [5.41, 5.74) is 0. The summed E-state index contributed by atoms with van der Waals surface area (Å²) in [7, 11) is 1.47. The van der Waals surface area contributed by atoms with Crippen molar-refractivity contribution in [2.45, 2.75) is 46.2 Å². The van der Waals surface area contributed by atoms with Crippen molar-refractivity contribution in [2.24, 2.45) is 17.8 Å². The first-order valence-electron chi connectivity index (χ1n) is 5.81. The Hall–Kier alpha value is -0.570. The molecule has 1 rings (SSSR count). The van der Waals surface area contributed by atoms with Crippen LogP contribution in [0.2, 0.25) is 0 Å². The molecular weight excluding hydrogens is 190 g/mol. The lowest BCUT2D eigenvalue weighted by molar-refractivity contribution is -0.146. The fourth-order valence-electron chi connectivity index (χ4n) is 2.37. The van der Waals surface area contributed by atoms with Gasteiger partial charge < -0.3 is 10.1 Å². The molecule has 1 N–H and O–H groups in total. The first-order chi connectivity index (χ1) is 6.97. The van der Waals surface area contributed by atoms with Gasteiger partial charge in [-0.3, -0.25) is 4.79 Å². The van der Waals surface area contributed by atoms with Gasteiger partial charge in [-0.1, -0.05) is 27.7 Å². The van der Waals surface area contributed by atoms with E-state index in [-0.39, 0.29) is 17.9 Å². The second-order valence-corrected chi connectivity index (χ2v) is 5.15. The zero-order chi connectivity index (χ0) is 11.6. The molecule has 0 amide bonds. The second kappa shape index (κ2) is 4.97. The molecule has 0 aromatic rings. The van der Waals surface area contributed by atoms with Crippen LogP contribution in [0.25, 0.3) is 0 Å². The Bertz CT molecular complexity index is 226. The first kappa shape index (κ1) is 12.5. The van der Waals surface area contributed by atoms with Crippen molar-refractivity contribution in [3.05, 3.63) is 0 Å². The lowest BCUT2D eigenvalue weighted by atomic mass is 9.90. The van der Waals surface area contributed by atoms with Gasteiger partial charge in [-0.2, -0.15) is 0 Å². The summed E-state index contributed by atoms with van der Waals surface area (Å²) in [5, 5.41) is 3.55. The number of esters is 1. The van der Waals surface area contributed by atoms with Crippen LogP contribution >= 0.6 is 0 Å². The average Bonchev–Trinajstić information content (AvgIpc) is 2.61. The van der Waals surface area contributed by atoms with Gasteiger partial charge in [0.2, 0.25) is 0 Å². The fourth-order valence-corrected chi connectivity index (χ4v) is 2.37. The third-order valence-electron chi connectivity index (χ3n) is 3.37. The SMILES string of the molecule is COC(=O)[C@H]1C[C@H](C(C)C)N[C@H]1C(C)C. The van der Waals surface area contributed by atoms with Crippen LogP contribution in [0, 0.1) is 17.8 Å². The number of carbonyl (C=O) groups excluding carboxylic acids is 1. The maximum Gasteiger partial charge on any atom is 0.310 e. The lowest BCUT2D eigenvalue weighted by Crippen LogP contribution is -2.39. The molecule has 0 aromatic carbocycles. The summed E-state index contributed by atoms with van der Waals surface area (Å²) in [4.78, 5) is 11.6. The molecule has 15 heavy (non-hydrogen) atoms. The maximum absolute atomic E-state index is 11.6. The van der Waals surface area contributed by atoms with E-state index in [9.17, 15) is 4.79 Å². The smallest absolute Gasteiger partial charge is 0.310 e. The molecule has 0 spiro atoms. The molecule has 1 aliphatic heterocycles. The third kappa shape index (κ3) is 2.71. The second-order valence-electron chi connectivity index (χ2n) is 5.15. The number of hydrogen-bond acceptors (Lipinski definition) is 3. The molecule has 0 aliphatic carbocycles. The summed E-state index contributed by atoms with van der Waals surface area (Å²) < 4.78 is 4.86. The number of hydrogen-bond donors (Lipinski definition) is 1. The standard InChI is InChI=1S/C12H23NO2/c1-7(2)10-6-9(12(14)15-5)11(13-10)8(3)4/h7-11,13H,6H2,1-5H3/t9-,10+,11-/m0/s1. The van der Waals surface area contributed by atoms with Crippen LogP contribution in [-0.4, -0.2) is 25.2 Å². The monoisotopic (exact) mass is 213 g/mol. The highest BCUT2D eigenvalue weighted by atomic mass is 16.5. The molecule has 3 heteroatoms. The van der Waals surface area contributed by atoms with E-state index in [4.69, 9.17) is 4.74 Å². The van der Waals surface area contributed by atoms with Gasteiger partial charge in [-0.05, 0) is 18.3 Å². The van der Waals surface area contributed by atoms with Crippen LogP contribution in [0.1, 0.15) is 34.1 Å². The van der Waals surface area contributed by atoms with E-state index in [0.29, 0.717) is 17.9 Å². The molecule has 0 unspecified atom stereocenters. The molecule has 0 radical (unpaired) electrons. The Morgan fingerprint density at radius 1 is 1.27 bits per heavy atom. The summed E-state index contributed by atoms with van der Waals surface area (Å²) in [6.07, 6.45) is 0.910. The van der Waals surface area contributed by atoms with Crippen molar-refractivity contribution >= 4 is 5.97 Å².